The number of hydrogen-bond acceptors (Lipinski definition) is 3. The van der Waals surface area contributed by atoms with E-state index in [1.807, 2.05) is 0 Å². The van der Waals surface area contributed by atoms with Crippen molar-refractivity contribution in [2.24, 2.45) is 5.73 Å². The van der Waals surface area contributed by atoms with Crippen molar-refractivity contribution in [3.8, 4) is 5.75 Å². The van der Waals surface area contributed by atoms with Crippen LogP contribution in [0.1, 0.15) is 0 Å². The normalized spacial score (nSPS) is 12.2. The molecule has 0 bridgehead atoms. The molecule has 0 aliphatic carbocycles. The van der Waals surface area contributed by atoms with Crippen LogP contribution in [0.5, 0.6) is 5.75 Å². The summed E-state index contributed by atoms with van der Waals surface area (Å²) in [4.78, 5) is 10.4. The van der Waals surface area contributed by atoms with Crippen molar-refractivity contribution in [3.05, 3.63) is 28.2 Å². The summed E-state index contributed by atoms with van der Waals surface area (Å²) in [6.45, 7) is -0.133. The Hall–Kier alpha value is -0.970. The highest BCUT2D eigenvalue weighted by molar-refractivity contribution is 6.34. The van der Waals surface area contributed by atoms with Crippen LogP contribution in [0.4, 0.5) is 0 Å². The van der Waals surface area contributed by atoms with Gasteiger partial charge in [-0.25, -0.2) is 0 Å². The first kappa shape index (κ1) is 12.1. The van der Waals surface area contributed by atoms with Crippen LogP contribution < -0.4 is 10.5 Å². The maximum atomic E-state index is 10.4. The first-order valence-corrected chi connectivity index (χ1v) is 4.82. The van der Waals surface area contributed by atoms with Crippen LogP contribution in [-0.2, 0) is 4.79 Å². The molecule has 0 saturated carbocycles. The van der Waals surface area contributed by atoms with Gasteiger partial charge in [-0.2, -0.15) is 0 Å². The van der Waals surface area contributed by atoms with E-state index in [0.717, 1.165) is 0 Å². The Balaban J connectivity index is 2.61. The monoisotopic (exact) mass is 249 g/mol. The van der Waals surface area contributed by atoms with Gasteiger partial charge in [0, 0.05) is 10.0 Å². The number of carboxylic acids is 1. The smallest absolute Gasteiger partial charge is 0.324 e. The summed E-state index contributed by atoms with van der Waals surface area (Å²) in [5.41, 5.74) is 5.25. The van der Waals surface area contributed by atoms with E-state index in [1.54, 1.807) is 6.07 Å². The molecule has 1 rings (SSSR count). The van der Waals surface area contributed by atoms with E-state index in [4.69, 9.17) is 38.8 Å². The van der Waals surface area contributed by atoms with Crippen LogP contribution in [0.15, 0.2) is 18.2 Å². The Bertz CT molecular complexity index is 350. The van der Waals surface area contributed by atoms with E-state index in [1.165, 1.54) is 12.1 Å². The van der Waals surface area contributed by atoms with Crippen molar-refractivity contribution in [2.45, 2.75) is 6.04 Å². The van der Waals surface area contributed by atoms with Gasteiger partial charge in [-0.15, -0.1) is 0 Å². The lowest BCUT2D eigenvalue weighted by Crippen LogP contribution is -2.36. The van der Waals surface area contributed by atoms with E-state index in [0.29, 0.717) is 15.8 Å². The third kappa shape index (κ3) is 3.95. The Labute approximate surface area is 96.5 Å². The minimum absolute atomic E-state index is 0.133. The SMILES string of the molecule is NC(COc1cc(Cl)cc(Cl)c1)C(=O)O. The highest BCUT2D eigenvalue weighted by atomic mass is 35.5. The highest BCUT2D eigenvalue weighted by Gasteiger charge is 2.12. The Kier molecular flexibility index (Phi) is 4.20. The molecule has 1 aromatic rings. The van der Waals surface area contributed by atoms with Gasteiger partial charge in [0.25, 0.3) is 0 Å². The minimum Gasteiger partial charge on any atom is -0.491 e. The molecule has 0 amide bonds. The van der Waals surface area contributed by atoms with Crippen LogP contribution in [0.2, 0.25) is 10.0 Å². The molecule has 0 aliphatic heterocycles. The predicted octanol–water partition coefficient (Wildman–Crippen LogP) is 1.78. The van der Waals surface area contributed by atoms with Gasteiger partial charge in [0.15, 0.2) is 0 Å². The van der Waals surface area contributed by atoms with Gasteiger partial charge in [0.2, 0.25) is 0 Å². The Morgan fingerprint density at radius 1 is 1.40 bits per heavy atom. The molecule has 0 saturated heterocycles. The lowest BCUT2D eigenvalue weighted by molar-refractivity contribution is -0.139. The lowest BCUT2D eigenvalue weighted by Gasteiger charge is -2.09. The molecule has 0 heterocycles. The Morgan fingerprint density at radius 2 is 1.93 bits per heavy atom. The van der Waals surface area contributed by atoms with Crippen LogP contribution in [0.25, 0.3) is 0 Å². The first-order valence-electron chi connectivity index (χ1n) is 4.06. The van der Waals surface area contributed by atoms with Crippen molar-refractivity contribution < 1.29 is 14.6 Å². The summed E-state index contributed by atoms with van der Waals surface area (Å²) >= 11 is 11.4. The average Bonchev–Trinajstić information content (AvgIpc) is 2.12. The van der Waals surface area contributed by atoms with Crippen molar-refractivity contribution in [1.29, 1.82) is 0 Å². The molecule has 0 aromatic heterocycles. The maximum absolute atomic E-state index is 10.4. The van der Waals surface area contributed by atoms with E-state index >= 15 is 0 Å². The van der Waals surface area contributed by atoms with Crippen molar-refractivity contribution in [1.82, 2.24) is 0 Å². The fourth-order valence-corrected chi connectivity index (χ4v) is 1.38. The van der Waals surface area contributed by atoms with Gasteiger partial charge in [-0.05, 0) is 18.2 Å². The quantitative estimate of drug-likeness (QED) is 0.854. The maximum Gasteiger partial charge on any atom is 0.324 e. The van der Waals surface area contributed by atoms with Gasteiger partial charge in [-0.3, -0.25) is 4.79 Å². The van der Waals surface area contributed by atoms with Crippen LogP contribution in [0.3, 0.4) is 0 Å². The van der Waals surface area contributed by atoms with Gasteiger partial charge in [0.1, 0.15) is 18.4 Å². The van der Waals surface area contributed by atoms with Crippen molar-refractivity contribution in [2.75, 3.05) is 6.61 Å². The van der Waals surface area contributed by atoms with Gasteiger partial charge >= 0.3 is 5.97 Å². The minimum atomic E-state index is -1.12. The summed E-state index contributed by atoms with van der Waals surface area (Å²) in [7, 11) is 0. The summed E-state index contributed by atoms with van der Waals surface area (Å²) in [5, 5.41) is 9.35. The van der Waals surface area contributed by atoms with Gasteiger partial charge < -0.3 is 15.6 Å². The standard InChI is InChI=1S/C9H9Cl2NO3/c10-5-1-6(11)3-7(2-5)15-4-8(12)9(13)14/h1-3,8H,4,12H2,(H,13,14). The number of nitrogens with two attached hydrogens (primary N) is 1. The number of halogens is 2. The van der Waals surface area contributed by atoms with E-state index in [9.17, 15) is 4.79 Å². The molecule has 0 aliphatic rings. The van der Waals surface area contributed by atoms with Crippen LogP contribution in [0, 0.1) is 0 Å². The second-order valence-corrected chi connectivity index (χ2v) is 3.73. The molecule has 1 atom stereocenters. The number of benzene rings is 1. The van der Waals surface area contributed by atoms with Crippen molar-refractivity contribution >= 4 is 29.2 Å². The molecule has 15 heavy (non-hydrogen) atoms. The molecule has 3 N–H and O–H groups in total. The number of rotatable bonds is 4. The molecular weight excluding hydrogens is 241 g/mol. The third-order valence-corrected chi connectivity index (χ3v) is 2.02. The summed E-state index contributed by atoms with van der Waals surface area (Å²) in [5.74, 6) is -0.729. The van der Waals surface area contributed by atoms with Gasteiger partial charge in [-0.1, -0.05) is 23.2 Å². The highest BCUT2D eigenvalue weighted by Crippen LogP contribution is 2.24. The zero-order chi connectivity index (χ0) is 11.4. The lowest BCUT2D eigenvalue weighted by atomic mass is 10.3. The van der Waals surface area contributed by atoms with E-state index < -0.39 is 12.0 Å². The summed E-state index contributed by atoms with van der Waals surface area (Å²) < 4.78 is 5.12. The number of carboxylic acid groups (broad SMARTS) is 1. The predicted molar refractivity (Wildman–Crippen MR) is 57.6 cm³/mol. The summed E-state index contributed by atoms with van der Waals surface area (Å²) in [6.07, 6.45) is 0. The molecule has 0 spiro atoms. The fraction of sp³-hybridized carbons (Fsp3) is 0.222. The van der Waals surface area contributed by atoms with E-state index in [2.05, 4.69) is 0 Å². The fourth-order valence-electron chi connectivity index (χ4n) is 0.869. The third-order valence-electron chi connectivity index (χ3n) is 1.58. The van der Waals surface area contributed by atoms with Crippen LogP contribution in [-0.4, -0.2) is 23.7 Å². The molecule has 0 fully saturated rings. The van der Waals surface area contributed by atoms with E-state index in [-0.39, 0.29) is 6.61 Å². The number of aliphatic carboxylic acids is 1. The van der Waals surface area contributed by atoms with Gasteiger partial charge in [0.05, 0.1) is 0 Å². The zero-order valence-corrected chi connectivity index (χ0v) is 9.13. The zero-order valence-electron chi connectivity index (χ0n) is 7.61. The molecule has 82 valence electrons. The number of carbonyl (C=O) groups is 1. The molecule has 6 heteroatoms. The largest absolute Gasteiger partial charge is 0.491 e. The Morgan fingerprint density at radius 3 is 2.40 bits per heavy atom. The number of hydrogen-bond donors (Lipinski definition) is 2. The molecule has 0 radical (unpaired) electrons. The topological polar surface area (TPSA) is 72.5 Å². The van der Waals surface area contributed by atoms with Crippen LogP contribution >= 0.6 is 23.2 Å². The average molecular weight is 250 g/mol. The second kappa shape index (κ2) is 5.21. The molecule has 1 aromatic carbocycles. The molecular formula is C9H9Cl2NO3. The molecule has 4 nitrogen and oxygen atoms in total. The summed E-state index contributed by atoms with van der Waals surface area (Å²) in [6, 6.07) is 3.54. The van der Waals surface area contributed by atoms with Crippen molar-refractivity contribution in [3.63, 3.8) is 0 Å². The molecule has 1 unspecified atom stereocenters. The number of ether oxygens (including phenoxy) is 1. The second-order valence-electron chi connectivity index (χ2n) is 2.86. The first-order chi connectivity index (χ1) is 6.99.